The number of aliphatic hydroxyl groups is 1. The van der Waals surface area contributed by atoms with Crippen LogP contribution in [0.4, 0.5) is 9.59 Å². The summed E-state index contributed by atoms with van der Waals surface area (Å²) in [4.78, 5) is 25.8. The summed E-state index contributed by atoms with van der Waals surface area (Å²) in [6.07, 6.45) is -0.638. The van der Waals surface area contributed by atoms with Crippen molar-refractivity contribution in [3.05, 3.63) is 35.9 Å². The highest BCUT2D eigenvalue weighted by Gasteiger charge is 2.30. The molecule has 26 heavy (non-hydrogen) atoms. The molecule has 1 aliphatic heterocycles. The third-order valence-electron chi connectivity index (χ3n) is 3.91. The lowest BCUT2D eigenvalue weighted by Crippen LogP contribution is -2.47. The van der Waals surface area contributed by atoms with Crippen LogP contribution in [-0.2, 0) is 16.1 Å². The maximum Gasteiger partial charge on any atom is 0.410 e. The zero-order valence-electron chi connectivity index (χ0n) is 15.6. The number of carbonyl (C=O) groups excluding carboxylic acids is 2. The third kappa shape index (κ3) is 6.92. The number of likely N-dealkylation sites (tertiary alicyclic amines) is 1. The van der Waals surface area contributed by atoms with Crippen LogP contribution in [0, 0.1) is 0 Å². The predicted molar refractivity (Wildman–Crippen MR) is 96.6 cm³/mol. The quantitative estimate of drug-likeness (QED) is 0.861. The van der Waals surface area contributed by atoms with Crippen LogP contribution in [0.1, 0.15) is 39.2 Å². The molecule has 7 nitrogen and oxygen atoms in total. The minimum atomic E-state index is -0.644. The van der Waals surface area contributed by atoms with E-state index >= 15 is 0 Å². The van der Waals surface area contributed by atoms with E-state index in [4.69, 9.17) is 9.47 Å². The molecule has 1 heterocycles. The molecule has 0 aliphatic carbocycles. The number of amides is 2. The Morgan fingerprint density at radius 2 is 1.88 bits per heavy atom. The fraction of sp³-hybridized carbons (Fsp3) is 0.579. The first-order valence-electron chi connectivity index (χ1n) is 8.86. The first-order valence-corrected chi connectivity index (χ1v) is 8.86. The Balaban J connectivity index is 1.88. The van der Waals surface area contributed by atoms with Gasteiger partial charge in [0.2, 0.25) is 0 Å². The molecular weight excluding hydrogens is 336 g/mol. The monoisotopic (exact) mass is 364 g/mol. The van der Waals surface area contributed by atoms with Crippen molar-refractivity contribution in [2.24, 2.45) is 0 Å². The number of β-amino-alcohol motifs (C(OH)–C–C–N with tert-alkyl or cyclic N) is 1. The molecule has 1 aromatic carbocycles. The van der Waals surface area contributed by atoms with Gasteiger partial charge in [-0.2, -0.15) is 0 Å². The van der Waals surface area contributed by atoms with Crippen molar-refractivity contribution in [2.75, 3.05) is 13.1 Å². The third-order valence-corrected chi connectivity index (χ3v) is 3.91. The van der Waals surface area contributed by atoms with Crippen LogP contribution in [0.5, 0.6) is 0 Å². The van der Waals surface area contributed by atoms with Crippen LogP contribution in [0.15, 0.2) is 30.3 Å². The Hall–Kier alpha value is -2.28. The van der Waals surface area contributed by atoms with Crippen molar-refractivity contribution < 1.29 is 24.2 Å². The van der Waals surface area contributed by atoms with Crippen LogP contribution in [0.2, 0.25) is 0 Å². The molecular formula is C19H28N2O5. The summed E-state index contributed by atoms with van der Waals surface area (Å²) >= 11 is 0. The zero-order chi connectivity index (χ0) is 19.2. The first kappa shape index (κ1) is 20.0. The van der Waals surface area contributed by atoms with E-state index in [-0.39, 0.29) is 25.7 Å². The van der Waals surface area contributed by atoms with E-state index in [9.17, 15) is 14.7 Å². The minimum absolute atomic E-state index is 0.178. The molecule has 2 rings (SSSR count). The number of rotatable bonds is 3. The summed E-state index contributed by atoms with van der Waals surface area (Å²) in [5.41, 5.74) is 0.278. The van der Waals surface area contributed by atoms with Gasteiger partial charge in [0, 0.05) is 13.1 Å². The Kier molecular flexibility index (Phi) is 6.85. The van der Waals surface area contributed by atoms with Crippen molar-refractivity contribution in [2.45, 2.75) is 58.0 Å². The van der Waals surface area contributed by atoms with Gasteiger partial charge in [0.1, 0.15) is 12.2 Å². The normalized spacial score (nSPS) is 20.8. The topological polar surface area (TPSA) is 88.1 Å². The van der Waals surface area contributed by atoms with E-state index in [1.54, 1.807) is 20.8 Å². The van der Waals surface area contributed by atoms with E-state index < -0.39 is 23.9 Å². The molecule has 1 aromatic rings. The lowest BCUT2D eigenvalue weighted by molar-refractivity contribution is 0.0162. The molecule has 2 N–H and O–H groups in total. The number of alkyl carbamates (subject to hydrolysis) is 1. The largest absolute Gasteiger partial charge is 0.445 e. The van der Waals surface area contributed by atoms with Gasteiger partial charge in [-0.3, -0.25) is 0 Å². The fourth-order valence-corrected chi connectivity index (χ4v) is 2.70. The minimum Gasteiger partial charge on any atom is -0.445 e. The maximum absolute atomic E-state index is 12.3. The van der Waals surface area contributed by atoms with Gasteiger partial charge in [0.15, 0.2) is 0 Å². The second-order valence-electron chi connectivity index (χ2n) is 7.52. The van der Waals surface area contributed by atoms with Gasteiger partial charge in [-0.25, -0.2) is 9.59 Å². The molecule has 1 saturated heterocycles. The summed E-state index contributed by atoms with van der Waals surface area (Å²) in [5.74, 6) is 0. The lowest BCUT2D eigenvalue weighted by Gasteiger charge is -2.29. The average molecular weight is 364 g/mol. The molecule has 0 bridgehead atoms. The Bertz CT molecular complexity index is 600. The lowest BCUT2D eigenvalue weighted by atomic mass is 10.1. The van der Waals surface area contributed by atoms with Crippen molar-refractivity contribution >= 4 is 12.2 Å². The van der Waals surface area contributed by atoms with Gasteiger partial charge in [-0.1, -0.05) is 30.3 Å². The van der Waals surface area contributed by atoms with Crippen molar-refractivity contribution in [1.82, 2.24) is 10.2 Å². The highest BCUT2D eigenvalue weighted by molar-refractivity contribution is 5.69. The maximum atomic E-state index is 12.3. The number of benzene rings is 1. The molecule has 1 unspecified atom stereocenters. The van der Waals surface area contributed by atoms with Gasteiger partial charge >= 0.3 is 12.2 Å². The van der Waals surface area contributed by atoms with Crippen molar-refractivity contribution in [3.63, 3.8) is 0 Å². The zero-order valence-corrected chi connectivity index (χ0v) is 15.6. The molecule has 1 aliphatic rings. The number of ether oxygens (including phenoxy) is 2. The smallest absolute Gasteiger partial charge is 0.410 e. The van der Waals surface area contributed by atoms with Gasteiger partial charge in [-0.05, 0) is 39.2 Å². The Morgan fingerprint density at radius 1 is 1.19 bits per heavy atom. The standard InChI is InChI=1S/C19H28N2O5/c1-19(2,3)26-18(24)21-11-15(9-10-16(22)12-21)20-17(23)25-13-14-7-5-4-6-8-14/h4-8,15-16,22H,9-13H2,1-3H3,(H,20,23)/t15?,16-/m0/s1. The SMILES string of the molecule is CC(C)(C)OC(=O)N1CC(NC(=O)OCc2ccccc2)CC[C@H](O)C1. The van der Waals surface area contributed by atoms with E-state index in [0.717, 1.165) is 5.56 Å². The number of aliphatic hydroxyl groups excluding tert-OH is 1. The van der Waals surface area contributed by atoms with Gasteiger partial charge in [0.25, 0.3) is 0 Å². The Morgan fingerprint density at radius 3 is 2.54 bits per heavy atom. The second kappa shape index (κ2) is 8.89. The first-order chi connectivity index (χ1) is 12.2. The second-order valence-corrected chi connectivity index (χ2v) is 7.52. The van der Waals surface area contributed by atoms with Crippen LogP contribution in [0.25, 0.3) is 0 Å². The van der Waals surface area contributed by atoms with E-state index in [0.29, 0.717) is 12.8 Å². The number of carbonyl (C=O) groups is 2. The highest BCUT2D eigenvalue weighted by atomic mass is 16.6. The van der Waals surface area contributed by atoms with Crippen molar-refractivity contribution in [3.8, 4) is 0 Å². The number of hydrogen-bond acceptors (Lipinski definition) is 5. The van der Waals surface area contributed by atoms with Gasteiger partial charge < -0.3 is 24.8 Å². The summed E-state index contributed by atoms with van der Waals surface area (Å²) < 4.78 is 10.6. The average Bonchev–Trinajstić information content (AvgIpc) is 2.74. The fourth-order valence-electron chi connectivity index (χ4n) is 2.70. The summed E-state index contributed by atoms with van der Waals surface area (Å²) in [6, 6.07) is 9.09. The molecule has 144 valence electrons. The number of hydrogen-bond donors (Lipinski definition) is 2. The summed E-state index contributed by atoms with van der Waals surface area (Å²) in [6.45, 7) is 6.00. The van der Waals surface area contributed by atoms with Crippen LogP contribution >= 0.6 is 0 Å². The van der Waals surface area contributed by atoms with Crippen LogP contribution in [0.3, 0.4) is 0 Å². The van der Waals surface area contributed by atoms with E-state index in [1.165, 1.54) is 4.90 Å². The van der Waals surface area contributed by atoms with Gasteiger partial charge in [0.05, 0.1) is 12.1 Å². The summed E-state index contributed by atoms with van der Waals surface area (Å²) in [7, 11) is 0. The van der Waals surface area contributed by atoms with Gasteiger partial charge in [-0.15, -0.1) is 0 Å². The van der Waals surface area contributed by atoms with Crippen molar-refractivity contribution in [1.29, 1.82) is 0 Å². The highest BCUT2D eigenvalue weighted by Crippen LogP contribution is 2.16. The predicted octanol–water partition coefficient (Wildman–Crippen LogP) is 2.67. The molecule has 2 atom stereocenters. The molecule has 7 heteroatoms. The Labute approximate surface area is 154 Å². The number of nitrogens with one attached hydrogen (secondary N) is 1. The molecule has 1 fully saturated rings. The van der Waals surface area contributed by atoms with Crippen LogP contribution < -0.4 is 5.32 Å². The molecule has 0 radical (unpaired) electrons. The van der Waals surface area contributed by atoms with E-state index in [2.05, 4.69) is 5.32 Å². The molecule has 0 spiro atoms. The molecule has 0 saturated carbocycles. The summed E-state index contributed by atoms with van der Waals surface area (Å²) in [5, 5.41) is 12.8. The molecule has 2 amide bonds. The van der Waals surface area contributed by atoms with E-state index in [1.807, 2.05) is 30.3 Å². The van der Waals surface area contributed by atoms with Crippen LogP contribution in [-0.4, -0.2) is 53.0 Å². The molecule has 0 aromatic heterocycles. The number of nitrogens with zero attached hydrogens (tertiary/aromatic N) is 1.